The summed E-state index contributed by atoms with van der Waals surface area (Å²) < 4.78 is 39.3. The second-order valence-corrected chi connectivity index (χ2v) is 5.69. The molecule has 21 heavy (non-hydrogen) atoms. The number of hydrogen-bond acceptors (Lipinski definition) is 2. The Balaban J connectivity index is 2.93. The Morgan fingerprint density at radius 2 is 1.86 bits per heavy atom. The standard InChI is InChI=1S/C16H25F3N2/c1-4-5-6-9-21(12(2)3)11-13-7-8-14(20)10-15(13)16(17,18)19/h7-8,10,12H,4-6,9,11,20H2,1-3H3. The first-order valence-electron chi connectivity index (χ1n) is 7.45. The highest BCUT2D eigenvalue weighted by molar-refractivity contribution is 5.46. The Morgan fingerprint density at radius 3 is 2.38 bits per heavy atom. The fraction of sp³-hybridized carbons (Fsp3) is 0.625. The van der Waals surface area contributed by atoms with Crippen LogP contribution in [0.15, 0.2) is 18.2 Å². The highest BCUT2D eigenvalue weighted by atomic mass is 19.4. The number of unbranched alkanes of at least 4 members (excludes halogenated alkanes) is 2. The van der Waals surface area contributed by atoms with Gasteiger partial charge in [-0.25, -0.2) is 0 Å². The third kappa shape index (κ3) is 5.58. The molecular weight excluding hydrogens is 277 g/mol. The minimum absolute atomic E-state index is 0.146. The molecule has 1 aromatic rings. The van der Waals surface area contributed by atoms with Crippen LogP contribution in [0.25, 0.3) is 0 Å². The lowest BCUT2D eigenvalue weighted by molar-refractivity contribution is -0.138. The normalized spacial score (nSPS) is 12.4. The summed E-state index contributed by atoms with van der Waals surface area (Å²) in [4.78, 5) is 2.08. The maximum Gasteiger partial charge on any atom is 0.416 e. The van der Waals surface area contributed by atoms with Gasteiger partial charge in [0, 0.05) is 18.3 Å². The molecule has 0 saturated heterocycles. The third-order valence-electron chi connectivity index (χ3n) is 3.59. The number of benzene rings is 1. The SMILES string of the molecule is CCCCCN(Cc1ccc(N)cc1C(F)(F)F)C(C)C. The van der Waals surface area contributed by atoms with Gasteiger partial charge < -0.3 is 5.73 Å². The molecule has 0 radical (unpaired) electrons. The van der Waals surface area contributed by atoms with Gasteiger partial charge in [-0.15, -0.1) is 0 Å². The molecule has 0 atom stereocenters. The van der Waals surface area contributed by atoms with Gasteiger partial charge >= 0.3 is 6.18 Å². The summed E-state index contributed by atoms with van der Waals surface area (Å²) in [6.07, 6.45) is -1.17. The van der Waals surface area contributed by atoms with Crippen LogP contribution in [0.1, 0.15) is 51.2 Å². The van der Waals surface area contributed by atoms with E-state index in [0.29, 0.717) is 12.1 Å². The number of rotatable bonds is 7. The maximum atomic E-state index is 13.1. The first-order chi connectivity index (χ1) is 9.75. The van der Waals surface area contributed by atoms with Gasteiger partial charge in [-0.05, 0) is 44.5 Å². The Hall–Kier alpha value is -1.23. The molecule has 0 heterocycles. The van der Waals surface area contributed by atoms with Crippen molar-refractivity contribution in [3.05, 3.63) is 29.3 Å². The monoisotopic (exact) mass is 302 g/mol. The largest absolute Gasteiger partial charge is 0.416 e. The van der Waals surface area contributed by atoms with Crippen LogP contribution in [-0.2, 0) is 12.7 Å². The van der Waals surface area contributed by atoms with E-state index in [1.54, 1.807) is 0 Å². The summed E-state index contributed by atoms with van der Waals surface area (Å²) in [5, 5.41) is 0. The van der Waals surface area contributed by atoms with Crippen molar-refractivity contribution >= 4 is 5.69 Å². The van der Waals surface area contributed by atoms with Crippen molar-refractivity contribution < 1.29 is 13.2 Å². The molecule has 0 fully saturated rings. The summed E-state index contributed by atoms with van der Waals surface area (Å²) in [7, 11) is 0. The minimum Gasteiger partial charge on any atom is -0.399 e. The summed E-state index contributed by atoms with van der Waals surface area (Å²) in [5.74, 6) is 0. The van der Waals surface area contributed by atoms with Crippen molar-refractivity contribution in [2.24, 2.45) is 0 Å². The molecule has 1 aromatic carbocycles. The van der Waals surface area contributed by atoms with E-state index >= 15 is 0 Å². The molecule has 0 aliphatic heterocycles. The summed E-state index contributed by atoms with van der Waals surface area (Å²) in [5.41, 5.74) is 5.32. The van der Waals surface area contributed by atoms with E-state index in [-0.39, 0.29) is 11.7 Å². The molecule has 0 amide bonds. The second kappa shape index (κ2) is 7.69. The average Bonchev–Trinajstić information content (AvgIpc) is 2.38. The van der Waals surface area contributed by atoms with Crippen molar-refractivity contribution in [2.45, 2.75) is 58.8 Å². The quantitative estimate of drug-likeness (QED) is 0.585. The molecule has 0 spiro atoms. The predicted octanol–water partition coefficient (Wildman–Crippen LogP) is 4.69. The number of nitrogens with two attached hydrogens (primary N) is 1. The van der Waals surface area contributed by atoms with Gasteiger partial charge in [0.2, 0.25) is 0 Å². The topological polar surface area (TPSA) is 29.3 Å². The van der Waals surface area contributed by atoms with E-state index in [1.165, 1.54) is 12.1 Å². The summed E-state index contributed by atoms with van der Waals surface area (Å²) in [6, 6.07) is 4.27. The molecular formula is C16H25F3N2. The molecule has 0 aliphatic rings. The zero-order valence-electron chi connectivity index (χ0n) is 13.0. The van der Waals surface area contributed by atoms with Crippen molar-refractivity contribution in [1.82, 2.24) is 4.90 Å². The smallest absolute Gasteiger partial charge is 0.399 e. The van der Waals surface area contributed by atoms with Crippen molar-refractivity contribution in [3.8, 4) is 0 Å². The predicted molar refractivity (Wildman–Crippen MR) is 80.9 cm³/mol. The van der Waals surface area contributed by atoms with Crippen molar-refractivity contribution in [1.29, 1.82) is 0 Å². The Kier molecular flexibility index (Phi) is 6.52. The van der Waals surface area contributed by atoms with Crippen molar-refractivity contribution in [3.63, 3.8) is 0 Å². The van der Waals surface area contributed by atoms with Gasteiger partial charge in [0.15, 0.2) is 0 Å². The van der Waals surface area contributed by atoms with Crippen LogP contribution in [0, 0.1) is 0 Å². The molecule has 5 heteroatoms. The zero-order valence-corrected chi connectivity index (χ0v) is 13.0. The van der Waals surface area contributed by atoms with Crippen LogP contribution in [0.3, 0.4) is 0 Å². The molecule has 0 saturated carbocycles. The number of anilines is 1. The highest BCUT2D eigenvalue weighted by Crippen LogP contribution is 2.34. The van der Waals surface area contributed by atoms with Crippen LogP contribution in [0.2, 0.25) is 0 Å². The van der Waals surface area contributed by atoms with E-state index in [4.69, 9.17) is 5.73 Å². The Bertz CT molecular complexity index is 442. The fourth-order valence-corrected chi connectivity index (χ4v) is 2.30. The van der Waals surface area contributed by atoms with E-state index in [2.05, 4.69) is 11.8 Å². The van der Waals surface area contributed by atoms with Gasteiger partial charge in [0.1, 0.15) is 0 Å². The van der Waals surface area contributed by atoms with E-state index in [0.717, 1.165) is 31.9 Å². The van der Waals surface area contributed by atoms with Crippen LogP contribution in [-0.4, -0.2) is 17.5 Å². The lowest BCUT2D eigenvalue weighted by Gasteiger charge is -2.28. The first-order valence-corrected chi connectivity index (χ1v) is 7.45. The van der Waals surface area contributed by atoms with Gasteiger partial charge in [-0.1, -0.05) is 25.8 Å². The van der Waals surface area contributed by atoms with Gasteiger partial charge in [0.25, 0.3) is 0 Å². The number of halogens is 3. The van der Waals surface area contributed by atoms with Crippen LogP contribution in [0.5, 0.6) is 0 Å². The lowest BCUT2D eigenvalue weighted by Crippen LogP contribution is -2.32. The number of nitrogen functional groups attached to an aromatic ring is 1. The average molecular weight is 302 g/mol. The molecule has 0 bridgehead atoms. The van der Waals surface area contributed by atoms with Gasteiger partial charge in [-0.2, -0.15) is 13.2 Å². The maximum absolute atomic E-state index is 13.1. The highest BCUT2D eigenvalue weighted by Gasteiger charge is 2.33. The van der Waals surface area contributed by atoms with Gasteiger partial charge in [-0.3, -0.25) is 4.90 Å². The summed E-state index contributed by atoms with van der Waals surface area (Å²) >= 11 is 0. The van der Waals surface area contributed by atoms with Crippen LogP contribution >= 0.6 is 0 Å². The fourth-order valence-electron chi connectivity index (χ4n) is 2.30. The van der Waals surface area contributed by atoms with Crippen molar-refractivity contribution in [2.75, 3.05) is 12.3 Å². The van der Waals surface area contributed by atoms with Crippen LogP contribution in [0.4, 0.5) is 18.9 Å². The first kappa shape index (κ1) is 17.8. The molecule has 1 rings (SSSR count). The van der Waals surface area contributed by atoms with Gasteiger partial charge in [0.05, 0.1) is 5.56 Å². The second-order valence-electron chi connectivity index (χ2n) is 5.69. The Morgan fingerprint density at radius 1 is 1.19 bits per heavy atom. The Labute approximate surface area is 125 Å². The number of nitrogens with zero attached hydrogens (tertiary/aromatic N) is 1. The van der Waals surface area contributed by atoms with E-state index in [1.807, 2.05) is 13.8 Å². The number of hydrogen-bond donors (Lipinski definition) is 1. The molecule has 2 nitrogen and oxygen atoms in total. The zero-order chi connectivity index (χ0) is 16.0. The molecule has 2 N–H and O–H groups in total. The molecule has 120 valence electrons. The number of alkyl halides is 3. The third-order valence-corrected chi connectivity index (χ3v) is 3.59. The van der Waals surface area contributed by atoms with E-state index in [9.17, 15) is 13.2 Å². The lowest BCUT2D eigenvalue weighted by atomic mass is 10.0. The molecule has 0 aromatic heterocycles. The van der Waals surface area contributed by atoms with E-state index < -0.39 is 11.7 Å². The molecule has 0 unspecified atom stereocenters. The summed E-state index contributed by atoms with van der Waals surface area (Å²) in [6.45, 7) is 7.25. The minimum atomic E-state index is -4.36. The molecule has 0 aliphatic carbocycles. The van der Waals surface area contributed by atoms with Crippen LogP contribution < -0.4 is 5.73 Å².